The van der Waals surface area contributed by atoms with Gasteiger partial charge < -0.3 is 5.11 Å². The highest BCUT2D eigenvalue weighted by atomic mass is 19.1. The van der Waals surface area contributed by atoms with Crippen LogP contribution >= 0.6 is 0 Å². The van der Waals surface area contributed by atoms with Gasteiger partial charge in [0.15, 0.2) is 0 Å². The van der Waals surface area contributed by atoms with Crippen LogP contribution in [0.4, 0.5) is 4.39 Å². The molecule has 3 aromatic rings. The van der Waals surface area contributed by atoms with Crippen molar-refractivity contribution in [2.45, 2.75) is 6.61 Å². The van der Waals surface area contributed by atoms with Crippen molar-refractivity contribution in [1.82, 2.24) is 20.2 Å². The summed E-state index contributed by atoms with van der Waals surface area (Å²) >= 11 is 0. The lowest BCUT2D eigenvalue weighted by Gasteiger charge is -2.05. The van der Waals surface area contributed by atoms with Gasteiger partial charge in [-0.3, -0.25) is 0 Å². The predicted molar refractivity (Wildman–Crippen MR) is 70.5 cm³/mol. The Morgan fingerprint density at radius 2 is 1.85 bits per heavy atom. The molecule has 20 heavy (non-hydrogen) atoms. The number of halogens is 1. The first-order valence-electron chi connectivity index (χ1n) is 6.03. The van der Waals surface area contributed by atoms with Crippen LogP contribution in [0.15, 0.2) is 48.5 Å². The molecule has 0 aliphatic carbocycles. The normalized spacial score (nSPS) is 10.7. The minimum absolute atomic E-state index is 0.143. The molecule has 0 aliphatic heterocycles. The summed E-state index contributed by atoms with van der Waals surface area (Å²) in [6.07, 6.45) is 0. The Morgan fingerprint density at radius 3 is 2.60 bits per heavy atom. The molecule has 1 aromatic heterocycles. The number of rotatable bonds is 3. The average molecular weight is 270 g/mol. The third kappa shape index (κ3) is 2.17. The molecule has 1 N–H and O–H groups in total. The van der Waals surface area contributed by atoms with Gasteiger partial charge in [0.1, 0.15) is 5.82 Å². The Bertz CT molecular complexity index is 727. The molecular formula is C14H11FN4O. The fraction of sp³-hybridized carbons (Fsp3) is 0.0714. The zero-order valence-corrected chi connectivity index (χ0v) is 10.4. The van der Waals surface area contributed by atoms with E-state index in [1.807, 2.05) is 30.3 Å². The van der Waals surface area contributed by atoms with Crippen molar-refractivity contribution in [3.05, 3.63) is 59.9 Å². The molecule has 100 valence electrons. The van der Waals surface area contributed by atoms with Gasteiger partial charge in [-0.2, -0.15) is 0 Å². The van der Waals surface area contributed by atoms with E-state index in [0.29, 0.717) is 11.5 Å². The first-order chi connectivity index (χ1) is 9.79. The van der Waals surface area contributed by atoms with Crippen molar-refractivity contribution in [2.75, 3.05) is 0 Å². The fourth-order valence-electron chi connectivity index (χ4n) is 1.91. The second-order valence-corrected chi connectivity index (χ2v) is 4.16. The molecule has 0 aliphatic rings. The Labute approximate surface area is 114 Å². The van der Waals surface area contributed by atoms with E-state index in [4.69, 9.17) is 0 Å². The zero-order chi connectivity index (χ0) is 13.9. The summed E-state index contributed by atoms with van der Waals surface area (Å²) in [5.41, 5.74) is 1.34. The summed E-state index contributed by atoms with van der Waals surface area (Å²) in [5, 5.41) is 21.3. The molecule has 0 bridgehead atoms. The molecule has 0 amide bonds. The lowest BCUT2D eigenvalue weighted by Crippen LogP contribution is -2.05. The fourth-order valence-corrected chi connectivity index (χ4v) is 1.91. The second kappa shape index (κ2) is 5.18. The van der Waals surface area contributed by atoms with Gasteiger partial charge >= 0.3 is 0 Å². The molecule has 0 saturated carbocycles. The molecule has 6 heteroatoms. The Morgan fingerprint density at radius 1 is 1.05 bits per heavy atom. The van der Waals surface area contributed by atoms with Gasteiger partial charge in [-0.25, -0.2) is 4.39 Å². The van der Waals surface area contributed by atoms with E-state index in [-0.39, 0.29) is 5.56 Å². The average Bonchev–Trinajstić information content (AvgIpc) is 2.97. The quantitative estimate of drug-likeness (QED) is 0.790. The van der Waals surface area contributed by atoms with Gasteiger partial charge in [-0.1, -0.05) is 36.4 Å². The van der Waals surface area contributed by atoms with Crippen LogP contribution in [-0.4, -0.2) is 25.3 Å². The van der Waals surface area contributed by atoms with E-state index in [1.165, 1.54) is 16.9 Å². The second-order valence-electron chi connectivity index (χ2n) is 4.16. The topological polar surface area (TPSA) is 63.8 Å². The minimum atomic E-state index is -0.497. The van der Waals surface area contributed by atoms with Crippen molar-refractivity contribution in [1.29, 1.82) is 0 Å². The van der Waals surface area contributed by atoms with E-state index < -0.39 is 12.4 Å². The first kappa shape index (κ1) is 12.4. The van der Waals surface area contributed by atoms with Crippen LogP contribution in [0, 0.1) is 5.82 Å². The highest BCUT2D eigenvalue weighted by Crippen LogP contribution is 2.18. The highest BCUT2D eigenvalue weighted by Gasteiger charge is 2.13. The maximum absolute atomic E-state index is 13.6. The largest absolute Gasteiger partial charge is 0.391 e. The third-order valence-electron chi connectivity index (χ3n) is 2.91. The maximum atomic E-state index is 13.6. The van der Waals surface area contributed by atoms with Crippen LogP contribution in [0.25, 0.3) is 17.1 Å². The lowest BCUT2D eigenvalue weighted by atomic mass is 10.2. The molecule has 1 heterocycles. The van der Waals surface area contributed by atoms with E-state index >= 15 is 0 Å². The van der Waals surface area contributed by atoms with E-state index in [0.717, 1.165) is 5.56 Å². The van der Waals surface area contributed by atoms with Crippen LogP contribution in [0.5, 0.6) is 0 Å². The summed E-state index contributed by atoms with van der Waals surface area (Å²) in [6.45, 7) is -0.426. The summed E-state index contributed by atoms with van der Waals surface area (Å²) in [7, 11) is 0. The van der Waals surface area contributed by atoms with Crippen LogP contribution in [0.3, 0.4) is 0 Å². The minimum Gasteiger partial charge on any atom is -0.391 e. The number of tetrazole rings is 1. The van der Waals surface area contributed by atoms with Gasteiger partial charge in [0.05, 0.1) is 12.3 Å². The standard InChI is InChI=1S/C14H11FN4O/c15-12-7-4-8-13(11(12)9-20)19-17-14(16-18-19)10-5-2-1-3-6-10/h1-8,20H,9H2. The molecule has 0 fully saturated rings. The summed E-state index contributed by atoms with van der Waals surface area (Å²) in [5.74, 6) is -0.0534. The summed E-state index contributed by atoms with van der Waals surface area (Å²) in [6, 6.07) is 13.8. The molecule has 0 saturated heterocycles. The number of hydrogen-bond acceptors (Lipinski definition) is 4. The Balaban J connectivity index is 2.05. The predicted octanol–water partition coefficient (Wildman–Crippen LogP) is 1.96. The highest BCUT2D eigenvalue weighted by molar-refractivity contribution is 5.53. The molecule has 5 nitrogen and oxygen atoms in total. The maximum Gasteiger partial charge on any atom is 0.205 e. The van der Waals surface area contributed by atoms with E-state index in [9.17, 15) is 9.50 Å². The smallest absolute Gasteiger partial charge is 0.205 e. The molecule has 3 rings (SSSR count). The molecule has 2 aromatic carbocycles. The van der Waals surface area contributed by atoms with Crippen molar-refractivity contribution in [3.63, 3.8) is 0 Å². The first-order valence-corrected chi connectivity index (χ1v) is 6.03. The van der Waals surface area contributed by atoms with Gasteiger partial charge in [-0.15, -0.1) is 15.0 Å². The SMILES string of the molecule is OCc1c(F)cccc1-n1nnc(-c2ccccc2)n1. The monoisotopic (exact) mass is 270 g/mol. The number of hydrogen-bond donors (Lipinski definition) is 1. The molecule has 0 atom stereocenters. The van der Waals surface area contributed by atoms with Crippen LogP contribution < -0.4 is 0 Å². The summed E-state index contributed by atoms with van der Waals surface area (Å²) < 4.78 is 13.6. The number of aliphatic hydroxyl groups is 1. The Hall–Kier alpha value is -2.60. The van der Waals surface area contributed by atoms with E-state index in [1.54, 1.807) is 6.07 Å². The molecular weight excluding hydrogens is 259 g/mol. The number of nitrogens with zero attached hydrogens (tertiary/aromatic N) is 4. The molecule has 0 radical (unpaired) electrons. The lowest BCUT2D eigenvalue weighted by molar-refractivity contribution is 0.275. The van der Waals surface area contributed by atoms with Crippen molar-refractivity contribution in [2.24, 2.45) is 0 Å². The van der Waals surface area contributed by atoms with E-state index in [2.05, 4.69) is 15.4 Å². The van der Waals surface area contributed by atoms with Gasteiger partial charge in [-0.05, 0) is 17.3 Å². The number of benzene rings is 2. The van der Waals surface area contributed by atoms with Crippen molar-refractivity contribution < 1.29 is 9.50 Å². The third-order valence-corrected chi connectivity index (χ3v) is 2.91. The number of aliphatic hydroxyl groups excluding tert-OH is 1. The zero-order valence-electron chi connectivity index (χ0n) is 10.4. The van der Waals surface area contributed by atoms with Gasteiger partial charge in [0, 0.05) is 11.1 Å². The van der Waals surface area contributed by atoms with Crippen LogP contribution in [-0.2, 0) is 6.61 Å². The van der Waals surface area contributed by atoms with Gasteiger partial charge in [0.25, 0.3) is 0 Å². The van der Waals surface area contributed by atoms with Gasteiger partial charge in [0.2, 0.25) is 5.82 Å². The van der Waals surface area contributed by atoms with Crippen LogP contribution in [0.2, 0.25) is 0 Å². The molecule has 0 spiro atoms. The summed E-state index contributed by atoms with van der Waals surface area (Å²) in [4.78, 5) is 1.22. The van der Waals surface area contributed by atoms with Crippen LogP contribution in [0.1, 0.15) is 5.56 Å². The molecule has 0 unspecified atom stereocenters. The van der Waals surface area contributed by atoms with Crippen molar-refractivity contribution in [3.8, 4) is 17.1 Å². The van der Waals surface area contributed by atoms with Crippen molar-refractivity contribution >= 4 is 0 Å². The number of aromatic nitrogens is 4. The Kier molecular flexibility index (Phi) is 3.22.